The molecular formula is C15H21N3O3. The standard InChI is InChI=1S/C15H21N3O3/c1-9-5-4-6-16-14(9)15(19)17-12-7-10(2)11(3)8-13(12)18(20)21/h7-9,14,16H,4-6H2,1-3H3,(H,17,19). The molecule has 0 saturated carbocycles. The van der Waals surface area contributed by atoms with Crippen LogP contribution in [0.3, 0.4) is 0 Å². The summed E-state index contributed by atoms with van der Waals surface area (Å²) in [6.07, 6.45) is 2.04. The van der Waals surface area contributed by atoms with E-state index in [2.05, 4.69) is 10.6 Å². The minimum Gasteiger partial charge on any atom is -0.319 e. The van der Waals surface area contributed by atoms with Crippen LogP contribution in [0.25, 0.3) is 0 Å². The number of anilines is 1. The second-order valence-electron chi connectivity index (χ2n) is 5.75. The number of amides is 1. The third-order valence-corrected chi connectivity index (χ3v) is 4.12. The molecule has 0 radical (unpaired) electrons. The number of aryl methyl sites for hydroxylation is 2. The second kappa shape index (κ2) is 6.22. The summed E-state index contributed by atoms with van der Waals surface area (Å²) in [5, 5.41) is 17.0. The van der Waals surface area contributed by atoms with Gasteiger partial charge in [0.1, 0.15) is 5.69 Å². The Labute approximate surface area is 124 Å². The first kappa shape index (κ1) is 15.4. The van der Waals surface area contributed by atoms with Crippen LogP contribution < -0.4 is 10.6 Å². The third-order valence-electron chi connectivity index (χ3n) is 4.12. The first-order valence-electron chi connectivity index (χ1n) is 7.20. The van der Waals surface area contributed by atoms with Crippen molar-refractivity contribution in [2.75, 3.05) is 11.9 Å². The summed E-state index contributed by atoms with van der Waals surface area (Å²) in [7, 11) is 0. The van der Waals surface area contributed by atoms with Gasteiger partial charge >= 0.3 is 0 Å². The van der Waals surface area contributed by atoms with E-state index in [-0.39, 0.29) is 29.2 Å². The molecule has 1 aromatic carbocycles. The van der Waals surface area contributed by atoms with Crippen LogP contribution >= 0.6 is 0 Å². The molecule has 21 heavy (non-hydrogen) atoms. The number of nitrogens with zero attached hydrogens (tertiary/aromatic N) is 1. The first-order valence-corrected chi connectivity index (χ1v) is 7.20. The normalized spacial score (nSPS) is 21.9. The number of benzene rings is 1. The highest BCUT2D eigenvalue weighted by Gasteiger charge is 2.29. The van der Waals surface area contributed by atoms with Crippen LogP contribution in [0.5, 0.6) is 0 Å². The minimum absolute atomic E-state index is 0.0603. The van der Waals surface area contributed by atoms with Crippen molar-refractivity contribution in [3.63, 3.8) is 0 Å². The second-order valence-corrected chi connectivity index (χ2v) is 5.75. The van der Waals surface area contributed by atoms with Crippen molar-refractivity contribution in [1.29, 1.82) is 0 Å². The molecule has 1 aliphatic heterocycles. The highest BCUT2D eigenvalue weighted by Crippen LogP contribution is 2.28. The quantitative estimate of drug-likeness (QED) is 0.662. The number of nitro groups is 1. The molecule has 0 bridgehead atoms. The number of carbonyl (C=O) groups is 1. The Kier molecular flexibility index (Phi) is 4.57. The topological polar surface area (TPSA) is 84.3 Å². The molecule has 2 unspecified atom stereocenters. The number of hydrogen-bond donors (Lipinski definition) is 2. The van der Waals surface area contributed by atoms with Gasteiger partial charge in [0, 0.05) is 6.07 Å². The van der Waals surface area contributed by atoms with Gasteiger partial charge in [0.25, 0.3) is 5.69 Å². The Morgan fingerprint density at radius 1 is 1.38 bits per heavy atom. The summed E-state index contributed by atoms with van der Waals surface area (Å²) in [6.45, 7) is 6.51. The highest BCUT2D eigenvalue weighted by molar-refractivity contribution is 5.97. The van der Waals surface area contributed by atoms with E-state index >= 15 is 0 Å². The lowest BCUT2D eigenvalue weighted by Crippen LogP contribution is -2.48. The van der Waals surface area contributed by atoms with Crippen LogP contribution in [-0.4, -0.2) is 23.4 Å². The average Bonchev–Trinajstić information content (AvgIpc) is 2.42. The average molecular weight is 291 g/mol. The van der Waals surface area contributed by atoms with Crippen molar-refractivity contribution in [3.8, 4) is 0 Å². The molecule has 0 aromatic heterocycles. The third kappa shape index (κ3) is 3.39. The zero-order valence-corrected chi connectivity index (χ0v) is 12.6. The number of carbonyl (C=O) groups excluding carboxylic acids is 1. The fourth-order valence-electron chi connectivity index (χ4n) is 2.66. The summed E-state index contributed by atoms with van der Waals surface area (Å²) in [5.41, 5.74) is 1.96. The van der Waals surface area contributed by atoms with Crippen molar-refractivity contribution in [2.45, 2.75) is 39.7 Å². The first-order chi connectivity index (χ1) is 9.90. The Morgan fingerprint density at radius 3 is 2.67 bits per heavy atom. The molecular weight excluding hydrogens is 270 g/mol. The van der Waals surface area contributed by atoms with Crippen LogP contribution in [-0.2, 0) is 4.79 Å². The number of rotatable bonds is 3. The monoisotopic (exact) mass is 291 g/mol. The molecule has 0 spiro atoms. The van der Waals surface area contributed by atoms with Crippen LogP contribution in [0.1, 0.15) is 30.9 Å². The number of hydrogen-bond acceptors (Lipinski definition) is 4. The van der Waals surface area contributed by atoms with Crippen molar-refractivity contribution in [2.24, 2.45) is 5.92 Å². The Bertz CT molecular complexity index is 572. The SMILES string of the molecule is Cc1cc(NC(=O)C2NCCCC2C)c([N+](=O)[O-])cc1C. The lowest BCUT2D eigenvalue weighted by atomic mass is 9.92. The lowest BCUT2D eigenvalue weighted by Gasteiger charge is -2.28. The van der Waals surface area contributed by atoms with E-state index in [0.717, 1.165) is 30.5 Å². The van der Waals surface area contributed by atoms with Gasteiger partial charge in [0.2, 0.25) is 5.91 Å². The van der Waals surface area contributed by atoms with E-state index in [1.165, 1.54) is 6.07 Å². The molecule has 0 aliphatic carbocycles. The van der Waals surface area contributed by atoms with Crippen molar-refractivity contribution >= 4 is 17.3 Å². The summed E-state index contributed by atoms with van der Waals surface area (Å²) >= 11 is 0. The largest absolute Gasteiger partial charge is 0.319 e. The predicted molar refractivity (Wildman–Crippen MR) is 81.4 cm³/mol. The van der Waals surface area contributed by atoms with Crippen molar-refractivity contribution < 1.29 is 9.72 Å². The van der Waals surface area contributed by atoms with Crippen LogP contribution in [0, 0.1) is 29.9 Å². The lowest BCUT2D eigenvalue weighted by molar-refractivity contribution is -0.384. The summed E-state index contributed by atoms with van der Waals surface area (Å²) in [5.74, 6) is 0.0258. The van der Waals surface area contributed by atoms with Crippen LogP contribution in [0.15, 0.2) is 12.1 Å². The van der Waals surface area contributed by atoms with E-state index in [1.807, 2.05) is 20.8 Å². The summed E-state index contributed by atoms with van der Waals surface area (Å²) < 4.78 is 0. The van der Waals surface area contributed by atoms with Gasteiger partial charge in [-0.15, -0.1) is 0 Å². The molecule has 114 valence electrons. The zero-order chi connectivity index (χ0) is 15.6. The van der Waals surface area contributed by atoms with Gasteiger partial charge < -0.3 is 10.6 Å². The van der Waals surface area contributed by atoms with E-state index in [9.17, 15) is 14.9 Å². The van der Waals surface area contributed by atoms with Crippen molar-refractivity contribution in [3.05, 3.63) is 33.4 Å². The minimum atomic E-state index is -0.459. The smallest absolute Gasteiger partial charge is 0.293 e. The zero-order valence-electron chi connectivity index (χ0n) is 12.6. The highest BCUT2D eigenvalue weighted by atomic mass is 16.6. The molecule has 2 N–H and O–H groups in total. The molecule has 1 amide bonds. The maximum absolute atomic E-state index is 12.4. The molecule has 1 aliphatic rings. The summed E-state index contributed by atoms with van der Waals surface area (Å²) in [4.78, 5) is 23.0. The Morgan fingerprint density at radius 2 is 2.05 bits per heavy atom. The molecule has 1 fully saturated rings. The maximum atomic E-state index is 12.4. The van der Waals surface area contributed by atoms with Crippen molar-refractivity contribution in [1.82, 2.24) is 5.32 Å². The van der Waals surface area contributed by atoms with Gasteiger partial charge in [-0.1, -0.05) is 6.92 Å². The van der Waals surface area contributed by atoms with Gasteiger partial charge in [-0.3, -0.25) is 14.9 Å². The summed E-state index contributed by atoms with van der Waals surface area (Å²) in [6, 6.07) is 2.88. The fraction of sp³-hybridized carbons (Fsp3) is 0.533. The van der Waals surface area contributed by atoms with Crippen LogP contribution in [0.4, 0.5) is 11.4 Å². The Balaban J connectivity index is 2.24. The van der Waals surface area contributed by atoms with Gasteiger partial charge in [-0.25, -0.2) is 0 Å². The fourth-order valence-corrected chi connectivity index (χ4v) is 2.66. The Hall–Kier alpha value is -1.95. The number of nitrogens with one attached hydrogen (secondary N) is 2. The number of piperidine rings is 1. The van der Waals surface area contributed by atoms with E-state index in [1.54, 1.807) is 6.07 Å². The van der Waals surface area contributed by atoms with E-state index < -0.39 is 4.92 Å². The van der Waals surface area contributed by atoms with Gasteiger partial charge in [-0.05, 0) is 56.3 Å². The van der Waals surface area contributed by atoms with Gasteiger partial charge in [-0.2, -0.15) is 0 Å². The van der Waals surface area contributed by atoms with E-state index in [4.69, 9.17) is 0 Å². The maximum Gasteiger partial charge on any atom is 0.293 e. The molecule has 1 saturated heterocycles. The molecule has 2 atom stereocenters. The van der Waals surface area contributed by atoms with Gasteiger partial charge in [0.15, 0.2) is 0 Å². The van der Waals surface area contributed by atoms with Gasteiger partial charge in [0.05, 0.1) is 11.0 Å². The molecule has 2 rings (SSSR count). The van der Waals surface area contributed by atoms with E-state index in [0.29, 0.717) is 0 Å². The molecule has 6 nitrogen and oxygen atoms in total. The predicted octanol–water partition coefficient (Wildman–Crippen LogP) is 2.54. The van der Waals surface area contributed by atoms with Crippen LogP contribution in [0.2, 0.25) is 0 Å². The number of nitro benzene ring substituents is 1. The molecule has 1 heterocycles. The molecule has 6 heteroatoms. The molecule has 1 aromatic rings.